The summed E-state index contributed by atoms with van der Waals surface area (Å²) in [5.41, 5.74) is 1.18. The lowest BCUT2D eigenvalue weighted by atomic mass is 9.86. The average molecular weight is 364 g/mol. The van der Waals surface area contributed by atoms with Crippen molar-refractivity contribution in [3.63, 3.8) is 0 Å². The minimum absolute atomic E-state index is 0.0762. The highest BCUT2D eigenvalue weighted by Crippen LogP contribution is 2.36. The van der Waals surface area contributed by atoms with Crippen molar-refractivity contribution in [2.45, 2.75) is 31.3 Å². The predicted molar refractivity (Wildman–Crippen MR) is 102 cm³/mol. The molecule has 140 valence electrons. The lowest BCUT2D eigenvalue weighted by molar-refractivity contribution is -0.135. The third-order valence-electron chi connectivity index (χ3n) is 5.57. The van der Waals surface area contributed by atoms with Gasteiger partial charge in [-0.2, -0.15) is 0 Å². The Balaban J connectivity index is 1.58. The number of aromatic nitrogens is 1. The van der Waals surface area contributed by atoms with Crippen LogP contribution in [0.5, 0.6) is 0 Å². The largest absolute Gasteiger partial charge is 0.328 e. The number of carbonyl (C=O) groups excluding carboxylic acids is 2. The third kappa shape index (κ3) is 3.32. The van der Waals surface area contributed by atoms with E-state index in [4.69, 9.17) is 0 Å². The summed E-state index contributed by atoms with van der Waals surface area (Å²) in [5.74, 6) is -0.0762. The van der Waals surface area contributed by atoms with Gasteiger partial charge in [0.05, 0.1) is 12.2 Å². The molecule has 2 aliphatic rings. The van der Waals surface area contributed by atoms with E-state index >= 15 is 0 Å². The number of carbonyl (C=O) groups is 2. The van der Waals surface area contributed by atoms with Crippen molar-refractivity contribution in [2.24, 2.45) is 0 Å². The van der Waals surface area contributed by atoms with Gasteiger partial charge in [0.1, 0.15) is 5.54 Å². The van der Waals surface area contributed by atoms with E-state index < -0.39 is 5.54 Å². The van der Waals surface area contributed by atoms with Gasteiger partial charge >= 0.3 is 6.03 Å². The van der Waals surface area contributed by atoms with Crippen molar-refractivity contribution >= 4 is 11.9 Å². The standard InChI is InChI=1S/C21H24N4O2/c26-19-21(10-13-22-14-11-21)25(15-9-17-6-2-1-3-7-17)20(27)24(19)16-18-8-4-5-12-23-18/h1-8,12,22H,9-11,13-16H2. The normalized spacial score (nSPS) is 19.1. The molecular formula is C21H24N4O2. The van der Waals surface area contributed by atoms with Crippen LogP contribution in [0.25, 0.3) is 0 Å². The Bertz CT molecular complexity index is 803. The molecule has 0 aliphatic carbocycles. The monoisotopic (exact) mass is 364 g/mol. The molecule has 0 unspecified atom stereocenters. The van der Waals surface area contributed by atoms with E-state index in [0.29, 0.717) is 19.4 Å². The highest BCUT2D eigenvalue weighted by atomic mass is 16.2. The Morgan fingerprint density at radius 1 is 1.00 bits per heavy atom. The minimum atomic E-state index is -0.716. The Kier molecular flexibility index (Phi) is 4.90. The summed E-state index contributed by atoms with van der Waals surface area (Å²) in [5, 5.41) is 3.31. The average Bonchev–Trinajstić information content (AvgIpc) is 2.90. The van der Waals surface area contributed by atoms with E-state index in [1.54, 1.807) is 6.20 Å². The SMILES string of the molecule is O=C1N(Cc2ccccn2)C(=O)C2(CCNCC2)N1CCc1ccccc1. The predicted octanol–water partition coefficient (Wildman–Crippen LogP) is 2.21. The molecule has 1 spiro atoms. The first-order valence-electron chi connectivity index (χ1n) is 9.49. The highest BCUT2D eigenvalue weighted by Gasteiger charge is 2.56. The fourth-order valence-corrected chi connectivity index (χ4v) is 4.09. The first-order chi connectivity index (χ1) is 13.2. The molecule has 3 heterocycles. The van der Waals surface area contributed by atoms with Gasteiger partial charge in [-0.05, 0) is 50.0 Å². The van der Waals surface area contributed by atoms with Crippen LogP contribution >= 0.6 is 0 Å². The molecule has 1 N–H and O–H groups in total. The zero-order valence-corrected chi connectivity index (χ0v) is 15.3. The number of nitrogens with zero attached hydrogens (tertiary/aromatic N) is 3. The Morgan fingerprint density at radius 2 is 1.74 bits per heavy atom. The maximum absolute atomic E-state index is 13.3. The number of rotatable bonds is 5. The van der Waals surface area contributed by atoms with Crippen molar-refractivity contribution in [2.75, 3.05) is 19.6 Å². The van der Waals surface area contributed by atoms with Crippen LogP contribution in [0, 0.1) is 0 Å². The molecule has 6 nitrogen and oxygen atoms in total. The molecule has 1 aromatic heterocycles. The van der Waals surface area contributed by atoms with Crippen LogP contribution in [0.1, 0.15) is 24.1 Å². The number of hydrogen-bond donors (Lipinski definition) is 1. The summed E-state index contributed by atoms with van der Waals surface area (Å²) in [6.45, 7) is 2.28. The molecule has 2 saturated heterocycles. The Hall–Kier alpha value is -2.73. The number of piperidine rings is 1. The number of nitrogens with one attached hydrogen (secondary N) is 1. The zero-order chi connectivity index (χ0) is 18.7. The van der Waals surface area contributed by atoms with Gasteiger partial charge in [0.2, 0.25) is 0 Å². The molecule has 2 aromatic rings. The van der Waals surface area contributed by atoms with Crippen LogP contribution in [-0.4, -0.2) is 51.9 Å². The molecule has 0 radical (unpaired) electrons. The second kappa shape index (κ2) is 7.48. The number of imide groups is 1. The van der Waals surface area contributed by atoms with Gasteiger partial charge in [-0.25, -0.2) is 4.79 Å². The van der Waals surface area contributed by atoms with Gasteiger partial charge in [-0.3, -0.25) is 14.7 Å². The smallest absolute Gasteiger partial charge is 0.317 e. The Labute approximate surface area is 159 Å². The maximum Gasteiger partial charge on any atom is 0.328 e. The van der Waals surface area contributed by atoms with Crippen LogP contribution in [-0.2, 0) is 17.8 Å². The van der Waals surface area contributed by atoms with E-state index in [1.165, 1.54) is 10.5 Å². The van der Waals surface area contributed by atoms with E-state index in [0.717, 1.165) is 25.2 Å². The highest BCUT2D eigenvalue weighted by molar-refractivity contribution is 6.07. The van der Waals surface area contributed by atoms with Gasteiger partial charge in [-0.1, -0.05) is 36.4 Å². The molecule has 0 bridgehead atoms. The van der Waals surface area contributed by atoms with E-state index in [2.05, 4.69) is 22.4 Å². The number of urea groups is 1. The second-order valence-corrected chi connectivity index (χ2v) is 7.16. The lowest BCUT2D eigenvalue weighted by Gasteiger charge is -2.38. The van der Waals surface area contributed by atoms with Gasteiger partial charge in [0.15, 0.2) is 0 Å². The molecule has 2 aliphatic heterocycles. The molecule has 0 saturated carbocycles. The van der Waals surface area contributed by atoms with Crippen LogP contribution in [0.2, 0.25) is 0 Å². The summed E-state index contributed by atoms with van der Waals surface area (Å²) in [7, 11) is 0. The molecule has 27 heavy (non-hydrogen) atoms. The summed E-state index contributed by atoms with van der Waals surface area (Å²) >= 11 is 0. The summed E-state index contributed by atoms with van der Waals surface area (Å²) in [6, 6.07) is 15.5. The Morgan fingerprint density at radius 3 is 2.44 bits per heavy atom. The molecule has 0 atom stereocenters. The van der Waals surface area contributed by atoms with Gasteiger partial charge in [0.25, 0.3) is 5.91 Å². The topological polar surface area (TPSA) is 65.5 Å². The minimum Gasteiger partial charge on any atom is -0.317 e. The fraction of sp³-hybridized carbons (Fsp3) is 0.381. The second-order valence-electron chi connectivity index (χ2n) is 7.16. The molecule has 2 fully saturated rings. The van der Waals surface area contributed by atoms with Crippen LogP contribution in [0.15, 0.2) is 54.7 Å². The summed E-state index contributed by atoms with van der Waals surface area (Å²) in [6.07, 6.45) is 3.75. The zero-order valence-electron chi connectivity index (χ0n) is 15.3. The molecule has 6 heteroatoms. The first-order valence-corrected chi connectivity index (χ1v) is 9.49. The number of pyridine rings is 1. The van der Waals surface area contributed by atoms with Crippen LogP contribution < -0.4 is 5.32 Å². The van der Waals surface area contributed by atoms with Gasteiger partial charge in [-0.15, -0.1) is 0 Å². The maximum atomic E-state index is 13.3. The number of benzene rings is 1. The first kappa shape index (κ1) is 17.7. The summed E-state index contributed by atoms with van der Waals surface area (Å²) < 4.78 is 0. The fourth-order valence-electron chi connectivity index (χ4n) is 4.09. The summed E-state index contributed by atoms with van der Waals surface area (Å²) in [4.78, 5) is 34.0. The molecule has 4 rings (SSSR count). The van der Waals surface area contributed by atoms with Crippen molar-refractivity contribution in [3.8, 4) is 0 Å². The quantitative estimate of drug-likeness (QED) is 0.826. The third-order valence-corrected chi connectivity index (χ3v) is 5.57. The molecule has 3 amide bonds. The van der Waals surface area contributed by atoms with Crippen molar-refractivity contribution in [1.82, 2.24) is 20.1 Å². The van der Waals surface area contributed by atoms with E-state index in [-0.39, 0.29) is 18.5 Å². The van der Waals surface area contributed by atoms with Crippen LogP contribution in [0.4, 0.5) is 4.79 Å². The number of amides is 3. The lowest BCUT2D eigenvalue weighted by Crippen LogP contribution is -2.56. The van der Waals surface area contributed by atoms with Crippen LogP contribution in [0.3, 0.4) is 0 Å². The van der Waals surface area contributed by atoms with Gasteiger partial charge < -0.3 is 10.2 Å². The van der Waals surface area contributed by atoms with E-state index in [9.17, 15) is 9.59 Å². The van der Waals surface area contributed by atoms with Gasteiger partial charge in [0, 0.05) is 12.7 Å². The molecule has 1 aromatic carbocycles. The van der Waals surface area contributed by atoms with Crippen molar-refractivity contribution in [3.05, 3.63) is 66.0 Å². The van der Waals surface area contributed by atoms with Crippen molar-refractivity contribution in [1.29, 1.82) is 0 Å². The van der Waals surface area contributed by atoms with Crippen molar-refractivity contribution < 1.29 is 9.59 Å². The van der Waals surface area contributed by atoms with E-state index in [1.807, 2.05) is 41.3 Å². The molecular weight excluding hydrogens is 340 g/mol. The number of hydrogen-bond acceptors (Lipinski definition) is 4.